The van der Waals surface area contributed by atoms with E-state index in [1.54, 1.807) is 11.3 Å². The van der Waals surface area contributed by atoms with Crippen LogP contribution >= 0.6 is 27.3 Å². The fraction of sp³-hybridized carbons (Fsp3) is 0.312. The molecule has 0 unspecified atom stereocenters. The average Bonchev–Trinajstić information content (AvgIpc) is 3.05. The summed E-state index contributed by atoms with van der Waals surface area (Å²) in [5.41, 5.74) is 2.39. The molecule has 0 aliphatic carbocycles. The molecular formula is C16H18BrN3S. The van der Waals surface area contributed by atoms with E-state index in [4.69, 9.17) is 0 Å². The Morgan fingerprint density at radius 3 is 3.10 bits per heavy atom. The van der Waals surface area contributed by atoms with Gasteiger partial charge in [0.05, 0.1) is 6.54 Å². The summed E-state index contributed by atoms with van der Waals surface area (Å²) >= 11 is 5.29. The Kier molecular flexibility index (Phi) is 4.73. The molecule has 0 aliphatic rings. The number of hydrogen-bond donors (Lipinski definition) is 1. The van der Waals surface area contributed by atoms with Crippen molar-refractivity contribution in [3.63, 3.8) is 0 Å². The fourth-order valence-corrected chi connectivity index (χ4v) is 3.91. The van der Waals surface area contributed by atoms with Crippen molar-refractivity contribution in [2.45, 2.75) is 26.4 Å². The van der Waals surface area contributed by atoms with Gasteiger partial charge >= 0.3 is 0 Å². The predicted molar refractivity (Wildman–Crippen MR) is 92.9 cm³/mol. The van der Waals surface area contributed by atoms with E-state index in [0.717, 1.165) is 36.2 Å². The van der Waals surface area contributed by atoms with Gasteiger partial charge in [0.1, 0.15) is 5.65 Å². The van der Waals surface area contributed by atoms with Gasteiger partial charge in [0.25, 0.3) is 0 Å². The van der Waals surface area contributed by atoms with Crippen LogP contribution in [0, 0.1) is 0 Å². The zero-order valence-corrected chi connectivity index (χ0v) is 14.4. The standard InChI is InChI=1S/C16H18BrN3S/c1-2-5-18-8-12-9-20(10-14-7-13(17)11-21-14)16-15(12)4-3-6-19-16/h3-4,6-7,9,11,18H,2,5,8,10H2,1H3. The number of nitrogens with zero attached hydrogens (tertiary/aromatic N) is 2. The van der Waals surface area contributed by atoms with Gasteiger partial charge in [0.2, 0.25) is 0 Å². The van der Waals surface area contributed by atoms with Crippen LogP contribution in [0.4, 0.5) is 0 Å². The lowest BCUT2D eigenvalue weighted by Gasteiger charge is -2.01. The van der Waals surface area contributed by atoms with Gasteiger partial charge in [0.15, 0.2) is 0 Å². The van der Waals surface area contributed by atoms with E-state index < -0.39 is 0 Å². The SMILES string of the molecule is CCCNCc1cn(Cc2cc(Br)cs2)c2ncccc12. The number of halogens is 1. The van der Waals surface area contributed by atoms with Crippen molar-refractivity contribution < 1.29 is 0 Å². The first kappa shape index (κ1) is 14.8. The molecule has 0 spiro atoms. The Morgan fingerprint density at radius 2 is 2.33 bits per heavy atom. The van der Waals surface area contributed by atoms with Gasteiger partial charge in [-0.1, -0.05) is 6.92 Å². The number of hydrogen-bond acceptors (Lipinski definition) is 3. The molecule has 0 bridgehead atoms. The molecule has 21 heavy (non-hydrogen) atoms. The predicted octanol–water partition coefficient (Wildman–Crippen LogP) is 4.41. The molecule has 3 rings (SSSR count). The Bertz CT molecular complexity index is 732. The summed E-state index contributed by atoms with van der Waals surface area (Å²) in [6.07, 6.45) is 5.25. The smallest absolute Gasteiger partial charge is 0.140 e. The van der Waals surface area contributed by atoms with Crippen LogP contribution in [0.1, 0.15) is 23.8 Å². The quantitative estimate of drug-likeness (QED) is 0.657. The van der Waals surface area contributed by atoms with Gasteiger partial charge in [0, 0.05) is 39.1 Å². The van der Waals surface area contributed by atoms with Crippen molar-refractivity contribution in [1.29, 1.82) is 0 Å². The molecule has 0 saturated heterocycles. The van der Waals surface area contributed by atoms with Gasteiger partial charge in [-0.3, -0.25) is 0 Å². The second-order valence-electron chi connectivity index (χ2n) is 5.06. The molecule has 3 heterocycles. The monoisotopic (exact) mass is 363 g/mol. The van der Waals surface area contributed by atoms with Crippen LogP contribution in [0.25, 0.3) is 11.0 Å². The number of fused-ring (bicyclic) bond motifs is 1. The number of pyridine rings is 1. The summed E-state index contributed by atoms with van der Waals surface area (Å²) < 4.78 is 3.40. The normalized spacial score (nSPS) is 11.3. The molecule has 0 aliphatic heterocycles. The Balaban J connectivity index is 1.90. The minimum absolute atomic E-state index is 0.873. The van der Waals surface area contributed by atoms with E-state index >= 15 is 0 Å². The molecule has 0 aromatic carbocycles. The Morgan fingerprint density at radius 1 is 1.43 bits per heavy atom. The van der Waals surface area contributed by atoms with E-state index in [9.17, 15) is 0 Å². The third kappa shape index (κ3) is 3.36. The summed E-state index contributed by atoms with van der Waals surface area (Å²) in [4.78, 5) is 5.89. The molecular weight excluding hydrogens is 346 g/mol. The van der Waals surface area contributed by atoms with Crippen molar-refractivity contribution in [2.24, 2.45) is 0 Å². The van der Waals surface area contributed by atoms with Crippen molar-refractivity contribution in [3.8, 4) is 0 Å². The van der Waals surface area contributed by atoms with Gasteiger partial charge in [-0.25, -0.2) is 4.98 Å². The third-order valence-corrected chi connectivity index (χ3v) is 5.09. The highest BCUT2D eigenvalue weighted by atomic mass is 79.9. The molecule has 5 heteroatoms. The maximum Gasteiger partial charge on any atom is 0.140 e. The van der Waals surface area contributed by atoms with Crippen LogP contribution in [0.2, 0.25) is 0 Å². The molecule has 0 saturated carbocycles. The molecule has 0 atom stereocenters. The van der Waals surface area contributed by atoms with Crippen LogP contribution in [-0.2, 0) is 13.1 Å². The summed E-state index contributed by atoms with van der Waals surface area (Å²) in [5, 5.41) is 6.85. The molecule has 3 aromatic rings. The third-order valence-electron chi connectivity index (χ3n) is 3.41. The van der Waals surface area contributed by atoms with Crippen molar-refractivity contribution in [3.05, 3.63) is 50.9 Å². The van der Waals surface area contributed by atoms with Gasteiger partial charge < -0.3 is 9.88 Å². The first-order valence-corrected chi connectivity index (χ1v) is 8.81. The van der Waals surface area contributed by atoms with Crippen molar-refractivity contribution in [2.75, 3.05) is 6.54 Å². The minimum Gasteiger partial charge on any atom is -0.327 e. The van der Waals surface area contributed by atoms with Crippen LogP contribution < -0.4 is 5.32 Å². The fourth-order valence-electron chi connectivity index (χ4n) is 2.46. The number of thiophene rings is 1. The van der Waals surface area contributed by atoms with Crippen LogP contribution in [-0.4, -0.2) is 16.1 Å². The van der Waals surface area contributed by atoms with Crippen LogP contribution in [0.15, 0.2) is 40.4 Å². The lowest BCUT2D eigenvalue weighted by Crippen LogP contribution is -2.13. The minimum atomic E-state index is 0.873. The summed E-state index contributed by atoms with van der Waals surface area (Å²) in [6, 6.07) is 6.35. The van der Waals surface area contributed by atoms with Crippen molar-refractivity contribution in [1.82, 2.24) is 14.9 Å². The zero-order valence-electron chi connectivity index (χ0n) is 12.0. The highest BCUT2D eigenvalue weighted by Crippen LogP contribution is 2.24. The maximum atomic E-state index is 4.56. The first-order chi connectivity index (χ1) is 10.3. The van der Waals surface area contributed by atoms with E-state index in [1.807, 2.05) is 12.3 Å². The number of aromatic nitrogens is 2. The lowest BCUT2D eigenvalue weighted by molar-refractivity contribution is 0.675. The second-order valence-corrected chi connectivity index (χ2v) is 6.98. The van der Waals surface area contributed by atoms with Gasteiger partial charge in [-0.15, -0.1) is 11.3 Å². The maximum absolute atomic E-state index is 4.56. The lowest BCUT2D eigenvalue weighted by atomic mass is 10.2. The highest BCUT2D eigenvalue weighted by molar-refractivity contribution is 9.10. The number of nitrogens with one attached hydrogen (secondary N) is 1. The summed E-state index contributed by atoms with van der Waals surface area (Å²) in [5.74, 6) is 0. The number of rotatable bonds is 6. The molecule has 1 N–H and O–H groups in total. The highest BCUT2D eigenvalue weighted by Gasteiger charge is 2.10. The van der Waals surface area contributed by atoms with Gasteiger partial charge in [-0.05, 0) is 52.7 Å². The largest absolute Gasteiger partial charge is 0.327 e. The van der Waals surface area contributed by atoms with Crippen LogP contribution in [0.3, 0.4) is 0 Å². The molecule has 3 aromatic heterocycles. The molecule has 3 nitrogen and oxygen atoms in total. The van der Waals surface area contributed by atoms with E-state index in [0.29, 0.717) is 0 Å². The molecule has 0 fully saturated rings. The van der Waals surface area contributed by atoms with E-state index in [-0.39, 0.29) is 0 Å². The van der Waals surface area contributed by atoms with E-state index in [1.165, 1.54) is 15.8 Å². The van der Waals surface area contributed by atoms with Gasteiger partial charge in [-0.2, -0.15) is 0 Å². The van der Waals surface area contributed by atoms with Crippen molar-refractivity contribution >= 4 is 38.3 Å². The first-order valence-electron chi connectivity index (χ1n) is 7.14. The average molecular weight is 364 g/mol. The van der Waals surface area contributed by atoms with E-state index in [2.05, 4.69) is 61.4 Å². The molecule has 110 valence electrons. The second kappa shape index (κ2) is 6.73. The zero-order chi connectivity index (χ0) is 14.7. The van der Waals surface area contributed by atoms with Crippen LogP contribution in [0.5, 0.6) is 0 Å². The molecule has 0 radical (unpaired) electrons. The Hall–Kier alpha value is -1.17. The summed E-state index contributed by atoms with van der Waals surface area (Å²) in [6.45, 7) is 5.01. The summed E-state index contributed by atoms with van der Waals surface area (Å²) in [7, 11) is 0. The topological polar surface area (TPSA) is 29.9 Å². The Labute approximate surface area is 137 Å². The molecule has 0 amide bonds.